The zero-order valence-corrected chi connectivity index (χ0v) is 14.3. The van der Waals surface area contributed by atoms with Crippen LogP contribution in [0.25, 0.3) is 0 Å². The molecule has 1 aromatic carbocycles. The van der Waals surface area contributed by atoms with E-state index in [-0.39, 0.29) is 29.5 Å². The largest absolute Gasteiger partial charge is 0.497 e. The SMILES string of the molecule is COc1cccc(CN2CCN(C(C)=O)[C@@H]3CS(=O)(=O)C[C@@H]32)c1. The summed E-state index contributed by atoms with van der Waals surface area (Å²) in [5, 5.41) is 0. The summed E-state index contributed by atoms with van der Waals surface area (Å²) in [4.78, 5) is 15.7. The molecule has 7 heteroatoms. The van der Waals surface area contributed by atoms with Gasteiger partial charge in [-0.25, -0.2) is 8.42 Å². The molecule has 0 aromatic heterocycles. The molecule has 2 aliphatic heterocycles. The van der Waals surface area contributed by atoms with E-state index >= 15 is 0 Å². The molecule has 2 aliphatic rings. The van der Waals surface area contributed by atoms with E-state index in [9.17, 15) is 13.2 Å². The zero-order valence-electron chi connectivity index (χ0n) is 13.4. The van der Waals surface area contributed by atoms with Crippen LogP contribution in [0, 0.1) is 0 Å². The van der Waals surface area contributed by atoms with E-state index in [4.69, 9.17) is 4.74 Å². The fraction of sp³-hybridized carbons (Fsp3) is 0.562. The third-order valence-corrected chi connectivity index (χ3v) is 6.41. The fourth-order valence-electron chi connectivity index (χ4n) is 3.62. The van der Waals surface area contributed by atoms with Gasteiger partial charge in [0.2, 0.25) is 5.91 Å². The second kappa shape index (κ2) is 6.13. The molecular weight excluding hydrogens is 316 g/mol. The van der Waals surface area contributed by atoms with Crippen LogP contribution in [0.2, 0.25) is 0 Å². The van der Waals surface area contributed by atoms with E-state index in [1.807, 2.05) is 24.3 Å². The molecule has 0 N–H and O–H groups in total. The number of piperazine rings is 1. The summed E-state index contributed by atoms with van der Waals surface area (Å²) in [5.74, 6) is 0.954. The van der Waals surface area contributed by atoms with E-state index < -0.39 is 9.84 Å². The van der Waals surface area contributed by atoms with Gasteiger partial charge in [0.05, 0.1) is 24.7 Å². The number of fused-ring (bicyclic) bond motifs is 1. The summed E-state index contributed by atoms with van der Waals surface area (Å²) in [7, 11) is -1.46. The Morgan fingerprint density at radius 1 is 1.26 bits per heavy atom. The van der Waals surface area contributed by atoms with Gasteiger partial charge < -0.3 is 9.64 Å². The van der Waals surface area contributed by atoms with Crippen molar-refractivity contribution in [2.75, 3.05) is 31.7 Å². The molecule has 126 valence electrons. The molecule has 0 radical (unpaired) electrons. The molecule has 0 aliphatic carbocycles. The molecule has 1 aromatic rings. The summed E-state index contributed by atoms with van der Waals surface area (Å²) < 4.78 is 29.4. The lowest BCUT2D eigenvalue weighted by Crippen LogP contribution is -2.59. The highest BCUT2D eigenvalue weighted by atomic mass is 32.2. The van der Waals surface area contributed by atoms with Crippen LogP contribution in [0.3, 0.4) is 0 Å². The molecule has 0 saturated carbocycles. The van der Waals surface area contributed by atoms with E-state index in [0.717, 1.165) is 11.3 Å². The van der Waals surface area contributed by atoms with Crippen LogP contribution < -0.4 is 4.74 Å². The van der Waals surface area contributed by atoms with Crippen molar-refractivity contribution in [3.8, 4) is 5.75 Å². The van der Waals surface area contributed by atoms with Crippen molar-refractivity contribution < 1.29 is 17.9 Å². The average molecular weight is 338 g/mol. The van der Waals surface area contributed by atoms with E-state index in [1.165, 1.54) is 6.92 Å². The first-order valence-electron chi connectivity index (χ1n) is 7.74. The van der Waals surface area contributed by atoms with Crippen LogP contribution in [0.4, 0.5) is 0 Å². The van der Waals surface area contributed by atoms with Crippen molar-refractivity contribution in [3.63, 3.8) is 0 Å². The number of rotatable bonds is 3. The number of sulfone groups is 1. The van der Waals surface area contributed by atoms with Crippen molar-refractivity contribution in [1.82, 2.24) is 9.80 Å². The molecular formula is C16H22N2O4S. The molecule has 2 heterocycles. The normalized spacial score (nSPS) is 26.8. The van der Waals surface area contributed by atoms with Crippen molar-refractivity contribution in [3.05, 3.63) is 29.8 Å². The lowest BCUT2D eigenvalue weighted by molar-refractivity contribution is -0.134. The topological polar surface area (TPSA) is 66.9 Å². The van der Waals surface area contributed by atoms with E-state index in [1.54, 1.807) is 12.0 Å². The number of ether oxygens (including phenoxy) is 1. The highest BCUT2D eigenvalue weighted by molar-refractivity contribution is 7.91. The van der Waals surface area contributed by atoms with Gasteiger partial charge in [-0.2, -0.15) is 0 Å². The lowest BCUT2D eigenvalue weighted by Gasteiger charge is -2.43. The van der Waals surface area contributed by atoms with Gasteiger partial charge in [0.15, 0.2) is 9.84 Å². The van der Waals surface area contributed by atoms with Gasteiger partial charge in [-0.1, -0.05) is 12.1 Å². The van der Waals surface area contributed by atoms with Crippen molar-refractivity contribution in [2.24, 2.45) is 0 Å². The number of amides is 1. The summed E-state index contributed by atoms with van der Waals surface area (Å²) in [6.45, 7) is 3.45. The number of nitrogens with zero attached hydrogens (tertiary/aromatic N) is 2. The van der Waals surface area contributed by atoms with Crippen LogP contribution in [-0.4, -0.2) is 67.9 Å². The molecule has 2 saturated heterocycles. The van der Waals surface area contributed by atoms with Gasteiger partial charge in [0, 0.05) is 32.6 Å². The fourth-order valence-corrected chi connectivity index (χ4v) is 5.63. The van der Waals surface area contributed by atoms with Gasteiger partial charge in [-0.15, -0.1) is 0 Å². The maximum Gasteiger partial charge on any atom is 0.219 e. The quantitative estimate of drug-likeness (QED) is 0.804. The van der Waals surface area contributed by atoms with Crippen LogP contribution >= 0.6 is 0 Å². The van der Waals surface area contributed by atoms with Crippen LogP contribution in [0.15, 0.2) is 24.3 Å². The molecule has 0 unspecified atom stereocenters. The number of benzene rings is 1. The van der Waals surface area contributed by atoms with E-state index in [0.29, 0.717) is 19.6 Å². The maximum atomic E-state index is 12.1. The molecule has 23 heavy (non-hydrogen) atoms. The molecule has 0 spiro atoms. The summed E-state index contributed by atoms with van der Waals surface area (Å²) >= 11 is 0. The van der Waals surface area contributed by atoms with Crippen molar-refractivity contribution >= 4 is 15.7 Å². The molecule has 3 rings (SSSR count). The number of carbonyl (C=O) groups is 1. The number of hydrogen-bond donors (Lipinski definition) is 0. The lowest BCUT2D eigenvalue weighted by atomic mass is 10.0. The summed E-state index contributed by atoms with van der Waals surface area (Å²) in [6, 6.07) is 7.46. The Labute approximate surface area is 136 Å². The zero-order chi connectivity index (χ0) is 16.6. The van der Waals surface area contributed by atoms with Crippen LogP contribution in [0.5, 0.6) is 5.75 Å². The Morgan fingerprint density at radius 2 is 2.00 bits per heavy atom. The Morgan fingerprint density at radius 3 is 2.70 bits per heavy atom. The minimum absolute atomic E-state index is 0.0434. The van der Waals surface area contributed by atoms with Gasteiger partial charge in [-0.05, 0) is 17.7 Å². The molecule has 2 atom stereocenters. The summed E-state index contributed by atoms with van der Waals surface area (Å²) in [6.07, 6.45) is 0. The predicted octanol–water partition coefficient (Wildman–Crippen LogP) is 0.525. The molecule has 1 amide bonds. The smallest absolute Gasteiger partial charge is 0.219 e. The summed E-state index contributed by atoms with van der Waals surface area (Å²) in [5.41, 5.74) is 1.09. The average Bonchev–Trinajstić information content (AvgIpc) is 2.82. The highest BCUT2D eigenvalue weighted by Crippen LogP contribution is 2.28. The first kappa shape index (κ1) is 16.3. The van der Waals surface area contributed by atoms with Gasteiger partial charge in [0.25, 0.3) is 0 Å². The van der Waals surface area contributed by atoms with E-state index in [2.05, 4.69) is 4.90 Å². The Balaban J connectivity index is 1.82. The third-order valence-electron chi connectivity index (χ3n) is 4.72. The monoisotopic (exact) mass is 338 g/mol. The maximum absolute atomic E-state index is 12.1. The Bertz CT molecular complexity index is 704. The first-order valence-corrected chi connectivity index (χ1v) is 9.56. The van der Waals surface area contributed by atoms with Crippen molar-refractivity contribution in [2.45, 2.75) is 25.6 Å². The van der Waals surface area contributed by atoms with Crippen LogP contribution in [-0.2, 0) is 21.2 Å². The second-order valence-electron chi connectivity index (χ2n) is 6.25. The molecule has 6 nitrogen and oxygen atoms in total. The number of carbonyl (C=O) groups excluding carboxylic acids is 1. The minimum Gasteiger partial charge on any atom is -0.497 e. The number of hydrogen-bond acceptors (Lipinski definition) is 5. The Kier molecular flexibility index (Phi) is 4.33. The molecule has 0 bridgehead atoms. The third kappa shape index (κ3) is 3.35. The second-order valence-corrected chi connectivity index (χ2v) is 8.40. The number of methoxy groups -OCH3 is 1. The standard InChI is InChI=1S/C16H22N2O4S/c1-12(19)18-7-6-17(15-10-23(20,21)11-16(15)18)9-13-4-3-5-14(8-13)22-2/h3-5,8,15-16H,6-7,9-11H2,1-2H3/t15-,16+/m0/s1. The minimum atomic E-state index is -3.09. The highest BCUT2D eigenvalue weighted by Gasteiger charge is 2.47. The molecule has 2 fully saturated rings. The van der Waals surface area contributed by atoms with Crippen molar-refractivity contribution in [1.29, 1.82) is 0 Å². The predicted molar refractivity (Wildman–Crippen MR) is 87.0 cm³/mol. The van der Waals surface area contributed by atoms with Crippen LogP contribution in [0.1, 0.15) is 12.5 Å². The van der Waals surface area contributed by atoms with Gasteiger partial charge in [-0.3, -0.25) is 9.69 Å². The first-order chi connectivity index (χ1) is 10.9. The van der Waals surface area contributed by atoms with Gasteiger partial charge >= 0.3 is 0 Å². The van der Waals surface area contributed by atoms with Gasteiger partial charge in [0.1, 0.15) is 5.75 Å². The Hall–Kier alpha value is -1.60.